The Morgan fingerprint density at radius 2 is 2.58 bits per heavy atom. The average Bonchev–Trinajstić information content (AvgIpc) is 2.52. The Kier molecular flexibility index (Phi) is 3.19. The van der Waals surface area contributed by atoms with E-state index in [0.29, 0.717) is 11.3 Å². The molecule has 0 aromatic carbocycles. The normalized spacial score (nSPS) is 9.83. The SMILES string of the molecule is COC(=O)c1cnc(CCO)s1. The summed E-state index contributed by atoms with van der Waals surface area (Å²) in [5, 5.41) is 9.32. The number of esters is 1. The van der Waals surface area contributed by atoms with Crippen molar-refractivity contribution < 1.29 is 14.6 Å². The molecular formula is C7H9NO3S. The summed E-state index contributed by atoms with van der Waals surface area (Å²) in [5.41, 5.74) is 0. The molecule has 4 nitrogen and oxygen atoms in total. The topological polar surface area (TPSA) is 59.4 Å². The minimum absolute atomic E-state index is 0.0497. The van der Waals surface area contributed by atoms with Crippen molar-refractivity contribution in [1.29, 1.82) is 0 Å². The van der Waals surface area contributed by atoms with Crippen LogP contribution in [0.5, 0.6) is 0 Å². The van der Waals surface area contributed by atoms with Gasteiger partial charge < -0.3 is 9.84 Å². The van der Waals surface area contributed by atoms with Crippen molar-refractivity contribution in [3.8, 4) is 0 Å². The zero-order valence-electron chi connectivity index (χ0n) is 6.61. The van der Waals surface area contributed by atoms with Crippen LogP contribution in [-0.2, 0) is 11.2 Å². The Balaban J connectivity index is 2.70. The van der Waals surface area contributed by atoms with Crippen LogP contribution < -0.4 is 0 Å². The maximum Gasteiger partial charge on any atom is 0.349 e. The van der Waals surface area contributed by atoms with Crippen molar-refractivity contribution in [3.63, 3.8) is 0 Å². The van der Waals surface area contributed by atoms with Gasteiger partial charge in [-0.1, -0.05) is 0 Å². The van der Waals surface area contributed by atoms with E-state index in [1.807, 2.05) is 0 Å². The Morgan fingerprint density at radius 3 is 3.17 bits per heavy atom. The standard InChI is InChI=1S/C7H9NO3S/c1-11-7(10)5-4-8-6(12-5)2-3-9/h4,9H,2-3H2,1H3. The molecule has 0 aliphatic carbocycles. The van der Waals surface area contributed by atoms with Gasteiger partial charge in [-0.3, -0.25) is 0 Å². The third-order valence-corrected chi connectivity index (χ3v) is 2.30. The number of aromatic nitrogens is 1. The molecule has 66 valence electrons. The van der Waals surface area contributed by atoms with Crippen LogP contribution in [0.2, 0.25) is 0 Å². The van der Waals surface area contributed by atoms with Crippen molar-refractivity contribution in [2.24, 2.45) is 0 Å². The minimum Gasteiger partial charge on any atom is -0.465 e. The van der Waals surface area contributed by atoms with Gasteiger partial charge in [-0.15, -0.1) is 11.3 Å². The summed E-state index contributed by atoms with van der Waals surface area (Å²) in [6, 6.07) is 0. The second kappa shape index (κ2) is 4.18. The van der Waals surface area contributed by atoms with Crippen LogP contribution in [0.3, 0.4) is 0 Å². The number of ether oxygens (including phenoxy) is 1. The number of carbonyl (C=O) groups is 1. The van der Waals surface area contributed by atoms with E-state index in [9.17, 15) is 4.79 Å². The third-order valence-electron chi connectivity index (χ3n) is 1.27. The molecule has 0 aliphatic heterocycles. The predicted molar refractivity (Wildman–Crippen MR) is 44.2 cm³/mol. The molecule has 0 atom stereocenters. The van der Waals surface area contributed by atoms with Gasteiger partial charge >= 0.3 is 5.97 Å². The lowest BCUT2D eigenvalue weighted by Gasteiger charge is -1.90. The Hall–Kier alpha value is -0.940. The highest BCUT2D eigenvalue weighted by Gasteiger charge is 2.09. The zero-order valence-corrected chi connectivity index (χ0v) is 7.43. The maximum atomic E-state index is 10.9. The van der Waals surface area contributed by atoms with Crippen LogP contribution in [0.25, 0.3) is 0 Å². The van der Waals surface area contributed by atoms with E-state index in [4.69, 9.17) is 5.11 Å². The molecule has 5 heteroatoms. The number of hydrogen-bond donors (Lipinski definition) is 1. The quantitative estimate of drug-likeness (QED) is 0.698. The summed E-state index contributed by atoms with van der Waals surface area (Å²) in [4.78, 5) is 15.3. The highest BCUT2D eigenvalue weighted by Crippen LogP contribution is 2.13. The van der Waals surface area contributed by atoms with E-state index in [2.05, 4.69) is 9.72 Å². The smallest absolute Gasteiger partial charge is 0.349 e. The molecule has 12 heavy (non-hydrogen) atoms. The number of nitrogens with zero attached hydrogens (tertiary/aromatic N) is 1. The molecule has 0 saturated carbocycles. The summed E-state index contributed by atoms with van der Waals surface area (Å²) >= 11 is 1.24. The largest absolute Gasteiger partial charge is 0.465 e. The molecule has 0 fully saturated rings. The van der Waals surface area contributed by atoms with E-state index in [1.165, 1.54) is 24.6 Å². The molecule has 1 heterocycles. The highest BCUT2D eigenvalue weighted by atomic mass is 32.1. The van der Waals surface area contributed by atoms with Gasteiger partial charge in [-0.25, -0.2) is 9.78 Å². The fourth-order valence-corrected chi connectivity index (χ4v) is 1.54. The highest BCUT2D eigenvalue weighted by molar-refractivity contribution is 7.13. The first-order valence-electron chi connectivity index (χ1n) is 3.42. The van der Waals surface area contributed by atoms with Crippen molar-refractivity contribution in [2.45, 2.75) is 6.42 Å². The molecule has 1 rings (SSSR count). The summed E-state index contributed by atoms with van der Waals surface area (Å²) in [6.07, 6.45) is 1.95. The Labute approximate surface area is 73.8 Å². The lowest BCUT2D eigenvalue weighted by atomic mass is 10.5. The van der Waals surface area contributed by atoms with E-state index in [-0.39, 0.29) is 12.6 Å². The minimum atomic E-state index is -0.378. The number of carbonyl (C=O) groups excluding carboxylic acids is 1. The van der Waals surface area contributed by atoms with E-state index in [0.717, 1.165) is 5.01 Å². The fraction of sp³-hybridized carbons (Fsp3) is 0.429. The van der Waals surface area contributed by atoms with Crippen LogP contribution in [0.1, 0.15) is 14.7 Å². The first-order valence-corrected chi connectivity index (χ1v) is 4.23. The second-order valence-corrected chi connectivity index (χ2v) is 3.20. The van der Waals surface area contributed by atoms with Crippen LogP contribution in [0.4, 0.5) is 0 Å². The molecule has 1 aromatic rings. The summed E-state index contributed by atoms with van der Waals surface area (Å²) in [5.74, 6) is -0.378. The molecule has 0 bridgehead atoms. The number of aliphatic hydroxyl groups is 1. The number of rotatable bonds is 3. The molecular weight excluding hydrogens is 178 g/mol. The lowest BCUT2D eigenvalue weighted by molar-refractivity contribution is 0.0606. The van der Waals surface area contributed by atoms with Crippen molar-refractivity contribution in [1.82, 2.24) is 4.98 Å². The predicted octanol–water partition coefficient (Wildman–Crippen LogP) is 0.464. The third kappa shape index (κ3) is 2.02. The molecule has 0 saturated heterocycles. The molecule has 1 aromatic heterocycles. The van der Waals surface area contributed by atoms with Gasteiger partial charge in [0.15, 0.2) is 0 Å². The number of methoxy groups -OCH3 is 1. The average molecular weight is 187 g/mol. The van der Waals surface area contributed by atoms with Crippen molar-refractivity contribution >= 4 is 17.3 Å². The van der Waals surface area contributed by atoms with Gasteiger partial charge in [0.2, 0.25) is 0 Å². The van der Waals surface area contributed by atoms with Gasteiger partial charge in [0.1, 0.15) is 4.88 Å². The van der Waals surface area contributed by atoms with Crippen LogP contribution in [0, 0.1) is 0 Å². The molecule has 0 spiro atoms. The second-order valence-electron chi connectivity index (χ2n) is 2.08. The van der Waals surface area contributed by atoms with Crippen molar-refractivity contribution in [2.75, 3.05) is 13.7 Å². The fourth-order valence-electron chi connectivity index (χ4n) is 0.716. The van der Waals surface area contributed by atoms with E-state index >= 15 is 0 Å². The summed E-state index contributed by atoms with van der Waals surface area (Å²) < 4.78 is 4.50. The first-order chi connectivity index (χ1) is 5.77. The van der Waals surface area contributed by atoms with Crippen molar-refractivity contribution in [3.05, 3.63) is 16.1 Å². The van der Waals surface area contributed by atoms with Gasteiger partial charge in [0.05, 0.1) is 18.3 Å². The summed E-state index contributed by atoms with van der Waals surface area (Å²) in [6.45, 7) is 0.0497. The van der Waals surface area contributed by atoms with E-state index < -0.39 is 0 Å². The van der Waals surface area contributed by atoms with Gasteiger partial charge in [0, 0.05) is 13.0 Å². The zero-order chi connectivity index (χ0) is 8.97. The molecule has 0 unspecified atom stereocenters. The molecule has 0 amide bonds. The van der Waals surface area contributed by atoms with Crippen LogP contribution >= 0.6 is 11.3 Å². The van der Waals surface area contributed by atoms with Gasteiger partial charge in [0.25, 0.3) is 0 Å². The Morgan fingerprint density at radius 1 is 1.83 bits per heavy atom. The molecule has 1 N–H and O–H groups in total. The number of hydrogen-bond acceptors (Lipinski definition) is 5. The van der Waals surface area contributed by atoms with Crippen LogP contribution in [-0.4, -0.2) is 29.8 Å². The number of aliphatic hydroxyl groups excluding tert-OH is 1. The lowest BCUT2D eigenvalue weighted by Crippen LogP contribution is -1.96. The number of thiazole rings is 1. The summed E-state index contributed by atoms with van der Waals surface area (Å²) in [7, 11) is 1.33. The Bertz CT molecular complexity index is 271. The first kappa shape index (κ1) is 9.15. The molecule has 0 radical (unpaired) electrons. The van der Waals surface area contributed by atoms with E-state index in [1.54, 1.807) is 0 Å². The maximum absolute atomic E-state index is 10.9. The monoisotopic (exact) mass is 187 g/mol. The molecule has 0 aliphatic rings. The van der Waals surface area contributed by atoms with Crippen LogP contribution in [0.15, 0.2) is 6.20 Å². The van der Waals surface area contributed by atoms with Gasteiger partial charge in [-0.05, 0) is 0 Å². The van der Waals surface area contributed by atoms with Gasteiger partial charge in [-0.2, -0.15) is 0 Å².